The molecule has 1 aromatic carbocycles. The summed E-state index contributed by atoms with van der Waals surface area (Å²) in [4.78, 5) is 11.6. The van der Waals surface area contributed by atoms with Crippen LogP contribution in [0.2, 0.25) is 0 Å². The van der Waals surface area contributed by atoms with E-state index in [-0.39, 0.29) is 5.91 Å². The fourth-order valence-electron chi connectivity index (χ4n) is 1.06. The lowest BCUT2D eigenvalue weighted by molar-refractivity contribution is 0.0915. The van der Waals surface area contributed by atoms with Gasteiger partial charge in [-0.1, -0.05) is 6.07 Å². The number of carbonyl (C=O) groups is 1. The SMILES string of the molecule is CC(C)(CN)NC(=O)c1cccc(F)c1. The highest BCUT2D eigenvalue weighted by Gasteiger charge is 2.19. The maximum Gasteiger partial charge on any atom is 0.251 e. The van der Waals surface area contributed by atoms with Gasteiger partial charge in [0.25, 0.3) is 5.91 Å². The van der Waals surface area contributed by atoms with Crippen LogP contribution in [0.5, 0.6) is 0 Å². The molecule has 3 N–H and O–H groups in total. The summed E-state index contributed by atoms with van der Waals surface area (Å²) in [5.74, 6) is -0.738. The van der Waals surface area contributed by atoms with E-state index < -0.39 is 11.4 Å². The summed E-state index contributed by atoms with van der Waals surface area (Å²) in [7, 11) is 0. The van der Waals surface area contributed by atoms with Crippen molar-refractivity contribution in [3.8, 4) is 0 Å². The van der Waals surface area contributed by atoms with E-state index in [0.717, 1.165) is 0 Å². The van der Waals surface area contributed by atoms with Crippen molar-refractivity contribution in [3.05, 3.63) is 35.6 Å². The molecule has 0 heterocycles. The first-order valence-corrected chi connectivity index (χ1v) is 4.73. The van der Waals surface area contributed by atoms with Crippen LogP contribution in [0.1, 0.15) is 24.2 Å². The van der Waals surface area contributed by atoms with Gasteiger partial charge in [-0.3, -0.25) is 4.79 Å². The average molecular weight is 210 g/mol. The van der Waals surface area contributed by atoms with E-state index in [2.05, 4.69) is 5.32 Å². The highest BCUT2D eigenvalue weighted by atomic mass is 19.1. The number of benzene rings is 1. The Kier molecular flexibility index (Phi) is 3.42. The normalized spacial score (nSPS) is 11.2. The molecule has 3 nitrogen and oxygen atoms in total. The first-order valence-electron chi connectivity index (χ1n) is 4.73. The van der Waals surface area contributed by atoms with Gasteiger partial charge in [-0.25, -0.2) is 4.39 Å². The average Bonchev–Trinajstić information content (AvgIpc) is 2.17. The molecule has 15 heavy (non-hydrogen) atoms. The van der Waals surface area contributed by atoms with E-state index in [1.54, 1.807) is 6.07 Å². The highest BCUT2D eigenvalue weighted by molar-refractivity contribution is 5.94. The van der Waals surface area contributed by atoms with Gasteiger partial charge in [0.05, 0.1) is 0 Å². The molecular formula is C11H15FN2O. The predicted molar refractivity (Wildman–Crippen MR) is 57.0 cm³/mol. The van der Waals surface area contributed by atoms with Crippen molar-refractivity contribution in [2.24, 2.45) is 5.73 Å². The van der Waals surface area contributed by atoms with Crippen LogP contribution >= 0.6 is 0 Å². The molecule has 1 rings (SSSR count). The number of amides is 1. The van der Waals surface area contributed by atoms with Crippen molar-refractivity contribution in [1.82, 2.24) is 5.32 Å². The fourth-order valence-corrected chi connectivity index (χ4v) is 1.06. The Morgan fingerprint density at radius 2 is 2.20 bits per heavy atom. The lowest BCUT2D eigenvalue weighted by Crippen LogP contribution is -2.48. The smallest absolute Gasteiger partial charge is 0.251 e. The molecule has 0 aliphatic rings. The lowest BCUT2D eigenvalue weighted by Gasteiger charge is -2.24. The highest BCUT2D eigenvalue weighted by Crippen LogP contribution is 2.06. The van der Waals surface area contributed by atoms with Crippen LogP contribution in [-0.4, -0.2) is 18.0 Å². The second-order valence-corrected chi connectivity index (χ2v) is 4.05. The molecule has 0 radical (unpaired) electrons. The van der Waals surface area contributed by atoms with Gasteiger partial charge in [0.15, 0.2) is 0 Å². The summed E-state index contributed by atoms with van der Waals surface area (Å²) >= 11 is 0. The van der Waals surface area contributed by atoms with Crippen molar-refractivity contribution in [1.29, 1.82) is 0 Å². The largest absolute Gasteiger partial charge is 0.346 e. The Balaban J connectivity index is 2.78. The van der Waals surface area contributed by atoms with E-state index in [0.29, 0.717) is 12.1 Å². The molecule has 0 aliphatic carbocycles. The second-order valence-electron chi connectivity index (χ2n) is 4.05. The van der Waals surface area contributed by atoms with E-state index >= 15 is 0 Å². The van der Waals surface area contributed by atoms with Gasteiger partial charge in [-0.15, -0.1) is 0 Å². The molecule has 0 aromatic heterocycles. The summed E-state index contributed by atoms with van der Waals surface area (Å²) in [6, 6.07) is 5.55. The van der Waals surface area contributed by atoms with Crippen LogP contribution in [0, 0.1) is 5.82 Å². The molecule has 0 aliphatic heterocycles. The number of nitrogens with two attached hydrogens (primary N) is 1. The Labute approximate surface area is 88.5 Å². The third-order valence-corrected chi connectivity index (χ3v) is 2.05. The van der Waals surface area contributed by atoms with Gasteiger partial charge >= 0.3 is 0 Å². The van der Waals surface area contributed by atoms with Crippen molar-refractivity contribution >= 4 is 5.91 Å². The van der Waals surface area contributed by atoms with Gasteiger partial charge in [0.2, 0.25) is 0 Å². The molecule has 1 amide bonds. The van der Waals surface area contributed by atoms with Gasteiger partial charge in [0, 0.05) is 17.6 Å². The molecule has 0 saturated carbocycles. The van der Waals surface area contributed by atoms with E-state index in [1.165, 1.54) is 18.2 Å². The molecular weight excluding hydrogens is 195 g/mol. The summed E-state index contributed by atoms with van der Waals surface area (Å²) in [5, 5.41) is 2.72. The minimum atomic E-state index is -0.483. The maximum absolute atomic E-state index is 12.8. The minimum Gasteiger partial charge on any atom is -0.346 e. The van der Waals surface area contributed by atoms with Crippen LogP contribution < -0.4 is 11.1 Å². The molecule has 82 valence electrons. The van der Waals surface area contributed by atoms with Crippen LogP contribution in [0.3, 0.4) is 0 Å². The van der Waals surface area contributed by atoms with E-state index in [9.17, 15) is 9.18 Å². The van der Waals surface area contributed by atoms with Crippen molar-refractivity contribution in [2.75, 3.05) is 6.54 Å². The predicted octanol–water partition coefficient (Wildman–Crippen LogP) is 1.29. The molecule has 0 unspecified atom stereocenters. The van der Waals surface area contributed by atoms with Crippen molar-refractivity contribution in [3.63, 3.8) is 0 Å². The Morgan fingerprint density at radius 3 is 2.73 bits per heavy atom. The van der Waals surface area contributed by atoms with Gasteiger partial charge in [-0.2, -0.15) is 0 Å². The summed E-state index contributed by atoms with van der Waals surface area (Å²) in [6.45, 7) is 3.95. The topological polar surface area (TPSA) is 55.1 Å². The molecule has 1 aromatic rings. The lowest BCUT2D eigenvalue weighted by atomic mass is 10.1. The number of rotatable bonds is 3. The number of carbonyl (C=O) groups excluding carboxylic acids is 1. The van der Waals surface area contributed by atoms with Crippen LogP contribution in [0.15, 0.2) is 24.3 Å². The summed E-state index contributed by atoms with van der Waals surface area (Å²) in [6.07, 6.45) is 0. The Bertz CT molecular complexity index is 363. The molecule has 0 atom stereocenters. The van der Waals surface area contributed by atoms with Crippen LogP contribution in [-0.2, 0) is 0 Å². The minimum absolute atomic E-state index is 0.302. The van der Waals surface area contributed by atoms with Gasteiger partial charge in [0.1, 0.15) is 5.82 Å². The number of hydrogen-bond acceptors (Lipinski definition) is 2. The zero-order valence-corrected chi connectivity index (χ0v) is 8.88. The summed E-state index contributed by atoms with van der Waals surface area (Å²) < 4.78 is 12.8. The Hall–Kier alpha value is -1.42. The quantitative estimate of drug-likeness (QED) is 0.790. The standard InChI is InChI=1S/C11H15FN2O/c1-11(2,7-13)14-10(15)8-4-3-5-9(12)6-8/h3-6H,7,13H2,1-2H3,(H,14,15). The second kappa shape index (κ2) is 4.40. The molecule has 0 fully saturated rings. The summed E-state index contributed by atoms with van der Waals surface area (Å²) in [5.41, 5.74) is 5.29. The molecule has 0 spiro atoms. The zero-order chi connectivity index (χ0) is 11.5. The Morgan fingerprint density at radius 1 is 1.53 bits per heavy atom. The van der Waals surface area contributed by atoms with E-state index in [4.69, 9.17) is 5.73 Å². The number of halogens is 1. The molecule has 0 bridgehead atoms. The monoisotopic (exact) mass is 210 g/mol. The number of nitrogens with one attached hydrogen (secondary N) is 1. The first-order chi connectivity index (χ1) is 6.94. The van der Waals surface area contributed by atoms with Gasteiger partial charge < -0.3 is 11.1 Å². The van der Waals surface area contributed by atoms with Crippen molar-refractivity contribution < 1.29 is 9.18 Å². The van der Waals surface area contributed by atoms with Crippen molar-refractivity contribution in [2.45, 2.75) is 19.4 Å². The molecule has 4 heteroatoms. The number of hydrogen-bond donors (Lipinski definition) is 2. The third-order valence-electron chi connectivity index (χ3n) is 2.05. The zero-order valence-electron chi connectivity index (χ0n) is 8.88. The van der Waals surface area contributed by atoms with Crippen LogP contribution in [0.4, 0.5) is 4.39 Å². The maximum atomic E-state index is 12.8. The molecule has 0 saturated heterocycles. The van der Waals surface area contributed by atoms with Gasteiger partial charge in [-0.05, 0) is 32.0 Å². The van der Waals surface area contributed by atoms with E-state index in [1.807, 2.05) is 13.8 Å². The first kappa shape index (κ1) is 11.7. The fraction of sp³-hybridized carbons (Fsp3) is 0.364. The third kappa shape index (κ3) is 3.32. The van der Waals surface area contributed by atoms with Crippen LogP contribution in [0.25, 0.3) is 0 Å².